The van der Waals surface area contributed by atoms with Crippen LogP contribution < -0.4 is 0 Å². The SMILES string of the molecule is COC(=O)c1cc2ccccc2n1CCC1CCN(C(c2ccccc2)(c2ccccc2)c2ccccc2)CC1. The standard InChI is InChI=1S/C36H36N2O2/c1-40-35(39)34-27-29-13-11-12-20-33(29)38(34)26-23-28-21-24-37(25-22-28)36(30-14-5-2-6-15-30,31-16-7-3-8-17-31)32-18-9-4-10-19-32/h2-20,27-28H,21-26H2,1H3. The van der Waals surface area contributed by atoms with E-state index in [1.165, 1.54) is 23.8 Å². The lowest BCUT2D eigenvalue weighted by Gasteiger charge is -2.48. The summed E-state index contributed by atoms with van der Waals surface area (Å²) in [5.41, 5.74) is 5.27. The van der Waals surface area contributed by atoms with Gasteiger partial charge in [0.1, 0.15) is 5.69 Å². The van der Waals surface area contributed by atoms with Gasteiger partial charge in [0.2, 0.25) is 0 Å². The summed E-state index contributed by atoms with van der Waals surface area (Å²) in [6.07, 6.45) is 3.26. The average Bonchev–Trinajstić information content (AvgIpc) is 3.41. The maximum atomic E-state index is 12.6. The van der Waals surface area contributed by atoms with Crippen molar-refractivity contribution in [2.24, 2.45) is 5.92 Å². The molecule has 4 aromatic carbocycles. The first kappa shape index (κ1) is 26.1. The minimum absolute atomic E-state index is 0.274. The maximum absolute atomic E-state index is 12.6. The molecule has 0 radical (unpaired) electrons. The summed E-state index contributed by atoms with van der Waals surface area (Å²) in [7, 11) is 1.46. The first-order valence-electron chi connectivity index (χ1n) is 14.3. The van der Waals surface area contributed by atoms with Crippen LogP contribution >= 0.6 is 0 Å². The van der Waals surface area contributed by atoms with Gasteiger partial charge in [-0.25, -0.2) is 4.79 Å². The average molecular weight is 529 g/mol. The number of likely N-dealkylation sites (tertiary alicyclic amines) is 1. The van der Waals surface area contributed by atoms with Crippen LogP contribution in [-0.4, -0.2) is 35.6 Å². The number of ether oxygens (including phenoxy) is 1. The van der Waals surface area contributed by atoms with Crippen molar-refractivity contribution in [3.8, 4) is 0 Å². The monoisotopic (exact) mass is 528 g/mol. The third kappa shape index (κ3) is 4.73. The lowest BCUT2D eigenvalue weighted by molar-refractivity contribution is 0.0587. The molecular weight excluding hydrogens is 492 g/mol. The van der Waals surface area contributed by atoms with E-state index in [0.717, 1.165) is 49.8 Å². The van der Waals surface area contributed by atoms with Crippen molar-refractivity contribution in [2.75, 3.05) is 20.2 Å². The van der Waals surface area contributed by atoms with Gasteiger partial charge in [0.25, 0.3) is 0 Å². The Hall–Kier alpha value is -4.15. The van der Waals surface area contributed by atoms with E-state index in [0.29, 0.717) is 11.6 Å². The van der Waals surface area contributed by atoms with Crippen molar-refractivity contribution in [3.63, 3.8) is 0 Å². The lowest BCUT2D eigenvalue weighted by atomic mass is 9.74. The number of aromatic nitrogens is 1. The summed E-state index contributed by atoms with van der Waals surface area (Å²) in [5.74, 6) is 0.312. The van der Waals surface area contributed by atoms with E-state index in [9.17, 15) is 4.79 Å². The van der Waals surface area contributed by atoms with Crippen LogP contribution in [0.4, 0.5) is 0 Å². The van der Waals surface area contributed by atoms with E-state index in [1.807, 2.05) is 18.2 Å². The smallest absolute Gasteiger partial charge is 0.354 e. The second-order valence-electron chi connectivity index (χ2n) is 10.8. The highest BCUT2D eigenvalue weighted by Crippen LogP contribution is 2.44. The van der Waals surface area contributed by atoms with Crippen LogP contribution in [0.15, 0.2) is 121 Å². The van der Waals surface area contributed by atoms with Crippen molar-refractivity contribution < 1.29 is 9.53 Å². The van der Waals surface area contributed by atoms with E-state index in [-0.39, 0.29) is 11.5 Å². The van der Waals surface area contributed by atoms with E-state index in [1.54, 1.807) is 0 Å². The fourth-order valence-electron chi connectivity index (χ4n) is 6.68. The van der Waals surface area contributed by atoms with Gasteiger partial charge in [0.05, 0.1) is 12.6 Å². The van der Waals surface area contributed by atoms with Crippen LogP contribution in [0, 0.1) is 5.92 Å². The number of aryl methyl sites for hydroxylation is 1. The summed E-state index contributed by atoms with van der Waals surface area (Å²) >= 11 is 0. The number of nitrogens with zero attached hydrogens (tertiary/aromatic N) is 2. The molecule has 0 amide bonds. The number of hydrogen-bond donors (Lipinski definition) is 0. The largest absolute Gasteiger partial charge is 0.464 e. The topological polar surface area (TPSA) is 34.5 Å². The van der Waals surface area contributed by atoms with Crippen LogP contribution in [0.25, 0.3) is 10.9 Å². The third-order valence-corrected chi connectivity index (χ3v) is 8.63. The van der Waals surface area contributed by atoms with Gasteiger partial charge in [-0.05, 0) is 67.1 Å². The first-order chi connectivity index (χ1) is 19.7. The van der Waals surface area contributed by atoms with Crippen LogP contribution in [0.2, 0.25) is 0 Å². The molecule has 1 aromatic heterocycles. The number of piperidine rings is 1. The van der Waals surface area contributed by atoms with Gasteiger partial charge < -0.3 is 9.30 Å². The highest BCUT2D eigenvalue weighted by molar-refractivity contribution is 5.95. The molecule has 4 heteroatoms. The zero-order chi connectivity index (χ0) is 27.4. The van der Waals surface area contributed by atoms with Gasteiger partial charge in [0, 0.05) is 17.4 Å². The highest BCUT2D eigenvalue weighted by Gasteiger charge is 2.43. The molecule has 1 aliphatic heterocycles. The maximum Gasteiger partial charge on any atom is 0.354 e. The van der Waals surface area contributed by atoms with Gasteiger partial charge in [-0.1, -0.05) is 109 Å². The summed E-state index contributed by atoms with van der Waals surface area (Å²) in [5, 5.41) is 1.08. The van der Waals surface area contributed by atoms with E-state index in [4.69, 9.17) is 4.74 Å². The van der Waals surface area contributed by atoms with Gasteiger partial charge in [-0.15, -0.1) is 0 Å². The first-order valence-corrected chi connectivity index (χ1v) is 14.3. The number of carbonyl (C=O) groups excluding carboxylic acids is 1. The van der Waals surface area contributed by atoms with E-state index in [2.05, 4.69) is 113 Å². The molecule has 0 saturated carbocycles. The molecule has 1 aliphatic rings. The molecule has 1 saturated heterocycles. The fourth-order valence-corrected chi connectivity index (χ4v) is 6.68. The predicted octanol–water partition coefficient (Wildman–Crippen LogP) is 7.52. The van der Waals surface area contributed by atoms with Crippen molar-refractivity contribution in [3.05, 3.63) is 144 Å². The van der Waals surface area contributed by atoms with Gasteiger partial charge in [-0.3, -0.25) is 4.90 Å². The zero-order valence-corrected chi connectivity index (χ0v) is 23.1. The van der Waals surface area contributed by atoms with Crippen LogP contribution in [-0.2, 0) is 16.8 Å². The molecule has 0 unspecified atom stereocenters. The molecule has 0 aliphatic carbocycles. The third-order valence-electron chi connectivity index (χ3n) is 8.63. The number of benzene rings is 4. The molecular formula is C36H36N2O2. The summed E-state index contributed by atoms with van der Waals surface area (Å²) < 4.78 is 7.26. The molecule has 0 atom stereocenters. The van der Waals surface area contributed by atoms with Crippen molar-refractivity contribution in [2.45, 2.75) is 31.3 Å². The Morgan fingerprint density at radius 2 is 1.25 bits per heavy atom. The van der Waals surface area contributed by atoms with E-state index >= 15 is 0 Å². The number of esters is 1. The number of carbonyl (C=O) groups is 1. The Bertz CT molecular complexity index is 1460. The van der Waals surface area contributed by atoms with Crippen LogP contribution in [0.3, 0.4) is 0 Å². The Morgan fingerprint density at radius 1 is 0.750 bits per heavy atom. The molecule has 0 spiro atoms. The second-order valence-corrected chi connectivity index (χ2v) is 10.8. The van der Waals surface area contributed by atoms with Crippen molar-refractivity contribution in [1.82, 2.24) is 9.47 Å². The number of hydrogen-bond acceptors (Lipinski definition) is 3. The minimum atomic E-state index is -0.358. The van der Waals surface area contributed by atoms with Gasteiger partial charge in [0.15, 0.2) is 0 Å². The fraction of sp³-hybridized carbons (Fsp3) is 0.250. The van der Waals surface area contributed by atoms with Crippen molar-refractivity contribution in [1.29, 1.82) is 0 Å². The summed E-state index contributed by atoms with van der Waals surface area (Å²) in [6, 6.07) is 43.1. The minimum Gasteiger partial charge on any atom is -0.464 e. The van der Waals surface area contributed by atoms with Gasteiger partial charge in [-0.2, -0.15) is 0 Å². The molecule has 6 rings (SSSR count). The molecule has 1 fully saturated rings. The Morgan fingerprint density at radius 3 is 1.77 bits per heavy atom. The second kappa shape index (κ2) is 11.5. The number of para-hydroxylation sites is 1. The molecule has 4 nitrogen and oxygen atoms in total. The molecule has 202 valence electrons. The van der Waals surface area contributed by atoms with E-state index < -0.39 is 0 Å². The van der Waals surface area contributed by atoms with Gasteiger partial charge >= 0.3 is 5.97 Å². The molecule has 5 aromatic rings. The molecule has 0 N–H and O–H groups in total. The van der Waals surface area contributed by atoms with Crippen LogP contribution in [0.1, 0.15) is 46.4 Å². The summed E-state index contributed by atoms with van der Waals surface area (Å²) in [4.78, 5) is 15.3. The Balaban J connectivity index is 1.28. The number of fused-ring (bicyclic) bond motifs is 1. The highest BCUT2D eigenvalue weighted by atomic mass is 16.5. The normalized spacial score (nSPS) is 14.8. The predicted molar refractivity (Wildman–Crippen MR) is 161 cm³/mol. The summed E-state index contributed by atoms with van der Waals surface area (Å²) in [6.45, 7) is 2.81. The zero-order valence-electron chi connectivity index (χ0n) is 23.1. The number of methoxy groups -OCH3 is 1. The quantitative estimate of drug-likeness (QED) is 0.154. The molecule has 40 heavy (non-hydrogen) atoms. The molecule has 0 bridgehead atoms. The molecule has 2 heterocycles. The Labute approximate surface area is 236 Å². The Kier molecular flexibility index (Phi) is 7.52. The number of rotatable bonds is 8. The van der Waals surface area contributed by atoms with Crippen molar-refractivity contribution >= 4 is 16.9 Å². The van der Waals surface area contributed by atoms with Crippen LogP contribution in [0.5, 0.6) is 0 Å². The lowest BCUT2D eigenvalue weighted by Crippen LogP contribution is -2.51.